The van der Waals surface area contributed by atoms with Crippen LogP contribution < -0.4 is 14.8 Å². The zero-order valence-electron chi connectivity index (χ0n) is 21.5. The molecule has 0 aliphatic carbocycles. The second-order valence-corrected chi connectivity index (χ2v) is 9.33. The van der Waals surface area contributed by atoms with Gasteiger partial charge in [0.05, 0.1) is 24.8 Å². The van der Waals surface area contributed by atoms with Gasteiger partial charge < -0.3 is 29.7 Å². The predicted octanol–water partition coefficient (Wildman–Crippen LogP) is 4.85. The Bertz CT molecular complexity index is 1380. The molecule has 2 atom stereocenters. The number of halogens is 1. The first-order chi connectivity index (χ1) is 18.9. The van der Waals surface area contributed by atoms with Gasteiger partial charge in [0, 0.05) is 35.3 Å². The van der Waals surface area contributed by atoms with Crippen molar-refractivity contribution < 1.29 is 29.2 Å². The van der Waals surface area contributed by atoms with Crippen LogP contribution in [0.25, 0.3) is 10.9 Å². The molecule has 0 unspecified atom stereocenters. The molecule has 4 aromatic rings. The zero-order chi connectivity index (χ0) is 27.6. The molecule has 0 spiro atoms. The van der Waals surface area contributed by atoms with Gasteiger partial charge in [-0.25, -0.2) is 4.79 Å². The fourth-order valence-corrected chi connectivity index (χ4v) is 4.24. The van der Waals surface area contributed by atoms with E-state index in [9.17, 15) is 15.0 Å². The van der Waals surface area contributed by atoms with E-state index in [2.05, 4.69) is 10.3 Å². The summed E-state index contributed by atoms with van der Waals surface area (Å²) >= 11 is 6.01. The number of carbonyl (C=O) groups excluding carboxylic acids is 1. The Labute approximate surface area is 232 Å². The van der Waals surface area contributed by atoms with Crippen LogP contribution in [-0.4, -0.2) is 53.6 Å². The van der Waals surface area contributed by atoms with Gasteiger partial charge in [-0.15, -0.1) is 0 Å². The van der Waals surface area contributed by atoms with E-state index < -0.39 is 12.1 Å². The molecule has 0 amide bonds. The van der Waals surface area contributed by atoms with Crippen molar-refractivity contribution in [2.45, 2.75) is 25.5 Å². The van der Waals surface area contributed by atoms with Crippen molar-refractivity contribution in [2.24, 2.45) is 0 Å². The number of aliphatic hydroxyl groups is 2. The Hall–Kier alpha value is -3.69. The highest BCUT2D eigenvalue weighted by atomic mass is 35.5. The molecular formula is C30H31ClN2O6. The van der Waals surface area contributed by atoms with Crippen LogP contribution in [0.4, 0.5) is 0 Å². The highest BCUT2D eigenvalue weighted by Crippen LogP contribution is 2.31. The summed E-state index contributed by atoms with van der Waals surface area (Å²) < 4.78 is 16.5. The summed E-state index contributed by atoms with van der Waals surface area (Å²) in [5.74, 6) is 1.37. The Morgan fingerprint density at radius 1 is 1.05 bits per heavy atom. The maximum absolute atomic E-state index is 11.5. The monoisotopic (exact) mass is 550 g/mol. The molecule has 1 heterocycles. The average Bonchev–Trinajstić information content (AvgIpc) is 2.95. The van der Waals surface area contributed by atoms with E-state index in [0.717, 1.165) is 16.5 Å². The van der Waals surface area contributed by atoms with Crippen molar-refractivity contribution in [3.63, 3.8) is 0 Å². The third-order valence-corrected chi connectivity index (χ3v) is 6.26. The third-order valence-electron chi connectivity index (χ3n) is 6.02. The van der Waals surface area contributed by atoms with Crippen LogP contribution in [0.2, 0.25) is 5.02 Å². The van der Waals surface area contributed by atoms with E-state index in [1.165, 1.54) is 0 Å². The molecule has 0 saturated heterocycles. The minimum atomic E-state index is -0.732. The molecule has 0 aliphatic heterocycles. The van der Waals surface area contributed by atoms with Gasteiger partial charge in [0.2, 0.25) is 0 Å². The summed E-state index contributed by atoms with van der Waals surface area (Å²) in [5, 5.41) is 24.9. The molecule has 0 radical (unpaired) electrons. The average molecular weight is 551 g/mol. The number of ether oxygens (including phenoxy) is 3. The van der Waals surface area contributed by atoms with E-state index >= 15 is 0 Å². The van der Waals surface area contributed by atoms with Crippen molar-refractivity contribution in [2.75, 3.05) is 26.4 Å². The van der Waals surface area contributed by atoms with Crippen LogP contribution in [0.5, 0.6) is 17.2 Å². The summed E-state index contributed by atoms with van der Waals surface area (Å²) in [5.41, 5.74) is 2.40. The Morgan fingerprint density at radius 3 is 2.59 bits per heavy atom. The number of hydrogen-bond acceptors (Lipinski definition) is 8. The van der Waals surface area contributed by atoms with Crippen LogP contribution in [-0.2, 0) is 16.0 Å². The van der Waals surface area contributed by atoms with Crippen molar-refractivity contribution >= 4 is 28.5 Å². The number of carbonyl (C=O) groups is 1. The molecule has 9 heteroatoms. The lowest BCUT2D eigenvalue weighted by Crippen LogP contribution is -2.37. The number of nitrogens with zero attached hydrogens (tertiary/aromatic N) is 1. The Morgan fingerprint density at radius 2 is 1.85 bits per heavy atom. The van der Waals surface area contributed by atoms with Crippen molar-refractivity contribution in [1.29, 1.82) is 0 Å². The summed E-state index contributed by atoms with van der Waals surface area (Å²) in [6.07, 6.45) is 1.49. The molecule has 8 nitrogen and oxygen atoms in total. The van der Waals surface area contributed by atoms with E-state index in [1.54, 1.807) is 49.5 Å². The lowest BCUT2D eigenvalue weighted by atomic mass is 10.0. The maximum Gasteiger partial charge on any atom is 0.344 e. The second kappa shape index (κ2) is 13.9. The molecule has 3 aromatic carbocycles. The third kappa shape index (κ3) is 8.15. The molecule has 0 bridgehead atoms. The molecule has 0 saturated carbocycles. The van der Waals surface area contributed by atoms with Gasteiger partial charge in [-0.05, 0) is 66.9 Å². The first kappa shape index (κ1) is 28.3. The molecule has 0 fully saturated rings. The summed E-state index contributed by atoms with van der Waals surface area (Å²) in [6, 6.07) is 21.6. The van der Waals surface area contributed by atoms with E-state index in [0.29, 0.717) is 40.8 Å². The van der Waals surface area contributed by atoms with Gasteiger partial charge in [0.1, 0.15) is 17.2 Å². The van der Waals surface area contributed by atoms with E-state index in [4.69, 9.17) is 25.8 Å². The summed E-state index contributed by atoms with van der Waals surface area (Å²) in [4.78, 5) is 15.9. The summed E-state index contributed by atoms with van der Waals surface area (Å²) in [7, 11) is 0. The second-order valence-electron chi connectivity index (χ2n) is 8.89. The standard InChI is InChI=1S/C30H31ClN2O6/c1-2-37-30(36)19-38-25-10-11-26-27(16-25)32-13-12-29(26)39-24-8-6-20(7-9-24)14-23(18-34)33-17-28(35)21-4-3-5-22(31)15-21/h3-13,15-16,23,28,33-35H,2,14,17-19H2,1H3/t23-,28-/m0/s1. The first-order valence-electron chi connectivity index (χ1n) is 12.7. The smallest absolute Gasteiger partial charge is 0.344 e. The van der Waals surface area contributed by atoms with Gasteiger partial charge in [-0.2, -0.15) is 0 Å². The van der Waals surface area contributed by atoms with E-state index in [-0.39, 0.29) is 25.8 Å². The number of aliphatic hydroxyl groups excluding tert-OH is 2. The van der Waals surface area contributed by atoms with Gasteiger partial charge in [-0.1, -0.05) is 35.9 Å². The fourth-order valence-electron chi connectivity index (χ4n) is 4.04. The minimum absolute atomic E-state index is 0.0744. The number of pyridine rings is 1. The predicted molar refractivity (Wildman–Crippen MR) is 149 cm³/mol. The molecule has 39 heavy (non-hydrogen) atoms. The van der Waals surface area contributed by atoms with Crippen LogP contribution in [0, 0.1) is 0 Å². The van der Waals surface area contributed by atoms with Crippen molar-refractivity contribution in [3.8, 4) is 17.2 Å². The zero-order valence-corrected chi connectivity index (χ0v) is 22.3. The van der Waals surface area contributed by atoms with Gasteiger partial charge in [0.15, 0.2) is 6.61 Å². The number of fused-ring (bicyclic) bond motifs is 1. The Balaban J connectivity index is 1.35. The molecular weight excluding hydrogens is 520 g/mol. The number of rotatable bonds is 13. The van der Waals surface area contributed by atoms with Gasteiger partial charge in [-0.3, -0.25) is 4.98 Å². The first-order valence-corrected chi connectivity index (χ1v) is 13.0. The molecule has 1 aromatic heterocycles. The van der Waals surface area contributed by atoms with Crippen LogP contribution in [0.1, 0.15) is 24.2 Å². The van der Waals surface area contributed by atoms with Gasteiger partial charge in [0.25, 0.3) is 0 Å². The molecule has 3 N–H and O–H groups in total. The maximum atomic E-state index is 11.5. The van der Waals surface area contributed by atoms with Gasteiger partial charge >= 0.3 is 5.97 Å². The SMILES string of the molecule is CCOC(=O)COc1ccc2c(Oc3ccc(C[C@@H](CO)NC[C@H](O)c4cccc(Cl)c4)cc3)ccnc2c1. The number of benzene rings is 3. The minimum Gasteiger partial charge on any atom is -0.482 e. The highest BCUT2D eigenvalue weighted by Gasteiger charge is 2.14. The molecule has 4 rings (SSSR count). The summed E-state index contributed by atoms with van der Waals surface area (Å²) in [6.45, 7) is 2.09. The normalized spacial score (nSPS) is 12.6. The number of hydrogen-bond donors (Lipinski definition) is 3. The van der Waals surface area contributed by atoms with E-state index in [1.807, 2.05) is 36.4 Å². The molecule has 204 valence electrons. The quantitative estimate of drug-likeness (QED) is 0.203. The lowest BCUT2D eigenvalue weighted by Gasteiger charge is -2.19. The van der Waals surface area contributed by atoms with Crippen LogP contribution >= 0.6 is 11.6 Å². The number of aromatic nitrogens is 1. The molecule has 0 aliphatic rings. The van der Waals surface area contributed by atoms with Crippen molar-refractivity contribution in [3.05, 3.63) is 95.1 Å². The fraction of sp³-hybridized carbons (Fsp3) is 0.267. The largest absolute Gasteiger partial charge is 0.482 e. The lowest BCUT2D eigenvalue weighted by molar-refractivity contribution is -0.145. The van der Waals surface area contributed by atoms with Crippen LogP contribution in [0.3, 0.4) is 0 Å². The topological polar surface area (TPSA) is 110 Å². The number of nitrogens with one attached hydrogen (secondary N) is 1. The number of esters is 1. The highest BCUT2D eigenvalue weighted by molar-refractivity contribution is 6.30. The van der Waals surface area contributed by atoms with Crippen LogP contribution in [0.15, 0.2) is 79.0 Å². The van der Waals surface area contributed by atoms with Crippen molar-refractivity contribution in [1.82, 2.24) is 10.3 Å². The Kier molecular flexibility index (Phi) is 10.1.